The van der Waals surface area contributed by atoms with E-state index in [1.165, 1.54) is 18.4 Å². The van der Waals surface area contributed by atoms with Crippen LogP contribution in [0.4, 0.5) is 0 Å². The fourth-order valence-electron chi connectivity index (χ4n) is 2.52. The highest BCUT2D eigenvalue weighted by Gasteiger charge is 2.31. The molecule has 0 aliphatic carbocycles. The van der Waals surface area contributed by atoms with E-state index in [0.717, 1.165) is 11.3 Å². The van der Waals surface area contributed by atoms with Crippen LogP contribution < -0.4 is 5.30 Å². The lowest BCUT2D eigenvalue weighted by Gasteiger charge is -2.23. The molecule has 0 N–H and O–H groups in total. The largest absolute Gasteiger partial charge is 0.0692 e. The van der Waals surface area contributed by atoms with Crippen molar-refractivity contribution in [3.8, 4) is 0 Å². The maximum atomic E-state index is 2.43. The first-order valence-corrected chi connectivity index (χ1v) is 7.02. The van der Waals surface area contributed by atoms with Crippen molar-refractivity contribution in [3.05, 3.63) is 29.8 Å². The van der Waals surface area contributed by atoms with Gasteiger partial charge in [-0.05, 0) is 42.0 Å². The summed E-state index contributed by atoms with van der Waals surface area (Å²) in [5.74, 6) is 0. The van der Waals surface area contributed by atoms with Gasteiger partial charge in [0.1, 0.15) is 0 Å². The fraction of sp³-hybridized carbons (Fsp3) is 0.538. The summed E-state index contributed by atoms with van der Waals surface area (Å²) in [4.78, 5) is 0. The zero-order chi connectivity index (χ0) is 10.1. The molecule has 1 saturated heterocycles. The molecule has 2 rings (SSSR count). The van der Waals surface area contributed by atoms with Gasteiger partial charge < -0.3 is 0 Å². The first-order chi connectivity index (χ1) is 6.70. The topological polar surface area (TPSA) is 0 Å². The summed E-state index contributed by atoms with van der Waals surface area (Å²) in [6, 6.07) is 8.96. The first-order valence-electron chi connectivity index (χ1n) is 5.54. The van der Waals surface area contributed by atoms with Gasteiger partial charge in [-0.1, -0.05) is 46.0 Å². The Hall–Kier alpha value is -0.350. The highest BCUT2D eigenvalue weighted by atomic mass is 31.1. The predicted octanol–water partition coefficient (Wildman–Crippen LogP) is 3.67. The summed E-state index contributed by atoms with van der Waals surface area (Å²) in [7, 11) is 0.117. The van der Waals surface area contributed by atoms with Crippen LogP contribution in [0.1, 0.15) is 32.3 Å². The Balaban J connectivity index is 2.34. The second kappa shape index (κ2) is 4.03. The molecular formula is C13H19P. The van der Waals surface area contributed by atoms with Crippen LogP contribution in [0.3, 0.4) is 0 Å². The van der Waals surface area contributed by atoms with Gasteiger partial charge in [0.15, 0.2) is 0 Å². The maximum absolute atomic E-state index is 2.43. The number of hydrogen-bond acceptors (Lipinski definition) is 0. The van der Waals surface area contributed by atoms with Gasteiger partial charge in [0.2, 0.25) is 0 Å². The SMILES string of the molecule is Cc1ccccc1P1C(C)CCC1C. The van der Waals surface area contributed by atoms with Crippen LogP contribution in [0.2, 0.25) is 0 Å². The molecule has 1 aromatic carbocycles. The third-order valence-corrected chi connectivity index (χ3v) is 6.82. The molecule has 2 unspecified atom stereocenters. The Bertz CT molecular complexity index is 309. The Morgan fingerprint density at radius 2 is 1.64 bits per heavy atom. The molecule has 2 atom stereocenters. The third kappa shape index (κ3) is 1.73. The minimum atomic E-state index is 0.117. The molecular weight excluding hydrogens is 187 g/mol. The van der Waals surface area contributed by atoms with Crippen molar-refractivity contribution in [2.24, 2.45) is 0 Å². The Morgan fingerprint density at radius 1 is 1.07 bits per heavy atom. The highest BCUT2D eigenvalue weighted by Crippen LogP contribution is 2.54. The first kappa shape index (κ1) is 10.2. The molecule has 14 heavy (non-hydrogen) atoms. The van der Waals surface area contributed by atoms with E-state index in [4.69, 9.17) is 0 Å². The Morgan fingerprint density at radius 3 is 2.21 bits per heavy atom. The lowest BCUT2D eigenvalue weighted by molar-refractivity contribution is 0.777. The molecule has 1 aliphatic rings. The minimum Gasteiger partial charge on any atom is -0.0692 e. The summed E-state index contributed by atoms with van der Waals surface area (Å²) < 4.78 is 0. The maximum Gasteiger partial charge on any atom is -0.0195 e. The summed E-state index contributed by atoms with van der Waals surface area (Å²) >= 11 is 0. The molecule has 0 aromatic heterocycles. The van der Waals surface area contributed by atoms with E-state index < -0.39 is 0 Å². The van der Waals surface area contributed by atoms with Crippen molar-refractivity contribution in [2.45, 2.75) is 44.9 Å². The van der Waals surface area contributed by atoms with Gasteiger partial charge in [0, 0.05) is 0 Å². The predicted molar refractivity (Wildman–Crippen MR) is 65.9 cm³/mol. The van der Waals surface area contributed by atoms with Gasteiger partial charge >= 0.3 is 0 Å². The highest BCUT2D eigenvalue weighted by molar-refractivity contribution is 7.67. The summed E-state index contributed by atoms with van der Waals surface area (Å²) in [5.41, 5.74) is 3.36. The van der Waals surface area contributed by atoms with Gasteiger partial charge in [0.05, 0.1) is 0 Å². The minimum absolute atomic E-state index is 0.117. The molecule has 0 radical (unpaired) electrons. The molecule has 1 fully saturated rings. The van der Waals surface area contributed by atoms with Gasteiger partial charge in [-0.25, -0.2) is 0 Å². The monoisotopic (exact) mass is 206 g/mol. The average Bonchev–Trinajstić information content (AvgIpc) is 2.48. The molecule has 0 spiro atoms. The van der Waals surface area contributed by atoms with Crippen molar-refractivity contribution in [2.75, 3.05) is 0 Å². The lowest BCUT2D eigenvalue weighted by atomic mass is 10.2. The van der Waals surface area contributed by atoms with Crippen molar-refractivity contribution in [3.63, 3.8) is 0 Å². The van der Waals surface area contributed by atoms with Gasteiger partial charge in [0.25, 0.3) is 0 Å². The second-order valence-electron chi connectivity index (χ2n) is 4.47. The van der Waals surface area contributed by atoms with E-state index in [1.54, 1.807) is 5.30 Å². The molecule has 0 bridgehead atoms. The van der Waals surface area contributed by atoms with Crippen LogP contribution in [0, 0.1) is 6.92 Å². The van der Waals surface area contributed by atoms with Crippen LogP contribution in [0.25, 0.3) is 0 Å². The molecule has 0 amide bonds. The van der Waals surface area contributed by atoms with Gasteiger partial charge in [-0.2, -0.15) is 0 Å². The van der Waals surface area contributed by atoms with Crippen molar-refractivity contribution >= 4 is 13.2 Å². The normalized spacial score (nSPS) is 32.1. The fourth-order valence-corrected chi connectivity index (χ4v) is 5.94. The molecule has 1 heteroatoms. The van der Waals surface area contributed by atoms with Crippen molar-refractivity contribution in [1.29, 1.82) is 0 Å². The lowest BCUT2D eigenvalue weighted by Crippen LogP contribution is -2.13. The van der Waals surface area contributed by atoms with E-state index in [9.17, 15) is 0 Å². The molecule has 0 nitrogen and oxygen atoms in total. The Kier molecular flexibility index (Phi) is 2.93. The molecule has 1 aromatic rings. The van der Waals surface area contributed by atoms with E-state index in [1.807, 2.05) is 0 Å². The summed E-state index contributed by atoms with van der Waals surface area (Å²) in [6.07, 6.45) is 2.86. The molecule has 0 saturated carbocycles. The van der Waals surface area contributed by atoms with E-state index in [0.29, 0.717) is 0 Å². The quantitative estimate of drug-likeness (QED) is 0.615. The number of rotatable bonds is 1. The number of benzene rings is 1. The van der Waals surface area contributed by atoms with Gasteiger partial charge in [-0.3, -0.25) is 0 Å². The van der Waals surface area contributed by atoms with E-state index in [-0.39, 0.29) is 7.92 Å². The summed E-state index contributed by atoms with van der Waals surface area (Å²) in [5, 5.41) is 1.65. The van der Waals surface area contributed by atoms with Crippen LogP contribution in [-0.2, 0) is 0 Å². The molecule has 1 heterocycles. The van der Waals surface area contributed by atoms with Crippen molar-refractivity contribution < 1.29 is 0 Å². The van der Waals surface area contributed by atoms with Crippen LogP contribution in [-0.4, -0.2) is 11.3 Å². The number of hydrogen-bond donors (Lipinski definition) is 0. The second-order valence-corrected chi connectivity index (χ2v) is 7.53. The van der Waals surface area contributed by atoms with Crippen LogP contribution in [0.15, 0.2) is 24.3 Å². The standard InChI is InChI=1S/C13H19P/c1-10-6-4-5-7-13(10)14-11(2)8-9-12(14)3/h4-7,11-12H,8-9H2,1-3H3. The van der Waals surface area contributed by atoms with Crippen LogP contribution in [0.5, 0.6) is 0 Å². The Labute approximate surface area is 88.5 Å². The third-order valence-electron chi connectivity index (χ3n) is 3.35. The zero-order valence-electron chi connectivity index (χ0n) is 9.33. The van der Waals surface area contributed by atoms with Crippen molar-refractivity contribution in [1.82, 2.24) is 0 Å². The number of aryl methyl sites for hydroxylation is 1. The van der Waals surface area contributed by atoms with Crippen LogP contribution >= 0.6 is 7.92 Å². The smallest absolute Gasteiger partial charge is 0.0195 e. The van der Waals surface area contributed by atoms with E-state index in [2.05, 4.69) is 45.0 Å². The molecule has 1 aliphatic heterocycles. The van der Waals surface area contributed by atoms with Gasteiger partial charge in [-0.15, -0.1) is 0 Å². The van der Waals surface area contributed by atoms with E-state index >= 15 is 0 Å². The molecule has 76 valence electrons. The average molecular weight is 206 g/mol. The summed E-state index contributed by atoms with van der Waals surface area (Å²) in [6.45, 7) is 7.12. The zero-order valence-corrected chi connectivity index (χ0v) is 10.2.